The largest absolute Gasteiger partial charge is 0.348 e. The number of hydrogen-bond acceptors (Lipinski definition) is 1. The molecule has 0 aliphatic heterocycles. The van der Waals surface area contributed by atoms with Crippen molar-refractivity contribution in [3.05, 3.63) is 68.1 Å². The number of hydrogen-bond donors (Lipinski definition) is 1. The van der Waals surface area contributed by atoms with Gasteiger partial charge in [0.25, 0.3) is 5.91 Å². The number of benzene rings is 2. The Morgan fingerprint density at radius 1 is 1.11 bits per heavy atom. The average Bonchev–Trinajstić information content (AvgIpc) is 2.40. The lowest BCUT2D eigenvalue weighted by atomic mass is 10.1. The van der Waals surface area contributed by atoms with Crippen LogP contribution in [0.1, 0.15) is 21.5 Å². The zero-order valence-corrected chi connectivity index (χ0v) is 13.6. The van der Waals surface area contributed by atoms with Crippen LogP contribution >= 0.6 is 31.9 Å². The van der Waals surface area contributed by atoms with Gasteiger partial charge in [-0.2, -0.15) is 0 Å². The van der Waals surface area contributed by atoms with E-state index in [-0.39, 0.29) is 5.91 Å². The van der Waals surface area contributed by atoms with Crippen molar-refractivity contribution in [1.29, 1.82) is 0 Å². The van der Waals surface area contributed by atoms with E-state index in [1.54, 1.807) is 0 Å². The van der Waals surface area contributed by atoms with Crippen molar-refractivity contribution >= 4 is 37.8 Å². The predicted octanol–water partition coefficient (Wildman–Crippen LogP) is 4.45. The minimum Gasteiger partial charge on any atom is -0.348 e. The Bertz CT molecular complexity index is 594. The van der Waals surface area contributed by atoms with Crippen LogP contribution in [0.2, 0.25) is 0 Å². The Balaban J connectivity index is 2.05. The van der Waals surface area contributed by atoms with Crippen LogP contribution in [0, 0.1) is 6.92 Å². The van der Waals surface area contributed by atoms with Crippen LogP contribution < -0.4 is 5.32 Å². The molecule has 0 spiro atoms. The van der Waals surface area contributed by atoms with Gasteiger partial charge in [0, 0.05) is 15.5 Å². The summed E-state index contributed by atoms with van der Waals surface area (Å²) < 4.78 is 1.84. The van der Waals surface area contributed by atoms with Crippen LogP contribution in [0.15, 0.2) is 51.4 Å². The molecule has 2 nitrogen and oxygen atoms in total. The maximum atomic E-state index is 12.1. The van der Waals surface area contributed by atoms with Gasteiger partial charge in [0.15, 0.2) is 0 Å². The molecular weight excluding hydrogens is 370 g/mol. The van der Waals surface area contributed by atoms with Gasteiger partial charge in [-0.1, -0.05) is 39.7 Å². The van der Waals surface area contributed by atoms with E-state index in [2.05, 4.69) is 37.2 Å². The van der Waals surface area contributed by atoms with Crippen LogP contribution in [0.4, 0.5) is 0 Å². The van der Waals surface area contributed by atoms with Crippen LogP contribution in [0.3, 0.4) is 0 Å². The maximum Gasteiger partial charge on any atom is 0.252 e. The molecule has 0 radical (unpaired) electrons. The Kier molecular flexibility index (Phi) is 4.77. The molecule has 2 aromatic rings. The molecule has 0 unspecified atom stereocenters. The molecule has 1 N–H and O–H groups in total. The molecule has 19 heavy (non-hydrogen) atoms. The van der Waals surface area contributed by atoms with E-state index >= 15 is 0 Å². The molecule has 0 aliphatic carbocycles. The molecular formula is C15H13Br2NO. The number of amides is 1. The van der Waals surface area contributed by atoms with Crippen LogP contribution in [0.5, 0.6) is 0 Å². The van der Waals surface area contributed by atoms with Gasteiger partial charge in [0.2, 0.25) is 0 Å². The number of rotatable bonds is 3. The fourth-order valence-electron chi connectivity index (χ4n) is 1.69. The van der Waals surface area contributed by atoms with Crippen molar-refractivity contribution in [2.45, 2.75) is 13.5 Å². The number of aryl methyl sites for hydroxylation is 1. The summed E-state index contributed by atoms with van der Waals surface area (Å²) in [5.74, 6) is -0.0708. The van der Waals surface area contributed by atoms with Gasteiger partial charge < -0.3 is 5.32 Å². The van der Waals surface area contributed by atoms with Gasteiger partial charge in [-0.25, -0.2) is 0 Å². The van der Waals surface area contributed by atoms with Crippen molar-refractivity contribution in [3.8, 4) is 0 Å². The first-order valence-electron chi connectivity index (χ1n) is 5.85. The van der Waals surface area contributed by atoms with E-state index in [0.29, 0.717) is 12.1 Å². The van der Waals surface area contributed by atoms with Crippen molar-refractivity contribution in [2.24, 2.45) is 0 Å². The Hall–Kier alpha value is -1.13. The second kappa shape index (κ2) is 6.35. The van der Waals surface area contributed by atoms with E-state index < -0.39 is 0 Å². The monoisotopic (exact) mass is 381 g/mol. The zero-order chi connectivity index (χ0) is 13.8. The highest BCUT2D eigenvalue weighted by Gasteiger charge is 2.09. The highest BCUT2D eigenvalue weighted by molar-refractivity contribution is 9.10. The molecule has 1 amide bonds. The molecule has 0 aromatic heterocycles. The number of carbonyl (C=O) groups excluding carboxylic acids is 1. The first-order chi connectivity index (χ1) is 9.06. The Labute approximate surface area is 129 Å². The van der Waals surface area contributed by atoms with Gasteiger partial charge in [0.05, 0.1) is 5.56 Å². The molecule has 0 saturated carbocycles. The van der Waals surface area contributed by atoms with Gasteiger partial charge in [-0.3, -0.25) is 4.79 Å². The van der Waals surface area contributed by atoms with E-state index in [1.807, 2.05) is 49.4 Å². The fraction of sp³-hybridized carbons (Fsp3) is 0.133. The molecule has 0 atom stereocenters. The second-order valence-electron chi connectivity index (χ2n) is 4.29. The molecule has 4 heteroatoms. The first kappa shape index (κ1) is 14.3. The summed E-state index contributed by atoms with van der Waals surface area (Å²) in [5.41, 5.74) is 2.80. The van der Waals surface area contributed by atoms with E-state index in [1.165, 1.54) is 0 Å². The van der Waals surface area contributed by atoms with E-state index in [0.717, 1.165) is 20.1 Å². The molecule has 0 bridgehead atoms. The summed E-state index contributed by atoms with van der Waals surface area (Å²) in [6, 6.07) is 13.6. The van der Waals surface area contributed by atoms with Crippen molar-refractivity contribution in [1.82, 2.24) is 5.32 Å². The van der Waals surface area contributed by atoms with Gasteiger partial charge >= 0.3 is 0 Å². The molecule has 0 aliphatic rings. The summed E-state index contributed by atoms with van der Waals surface area (Å²) in [4.78, 5) is 12.1. The molecule has 0 heterocycles. The summed E-state index contributed by atoms with van der Waals surface area (Å²) >= 11 is 6.79. The van der Waals surface area contributed by atoms with Crippen LogP contribution in [-0.2, 0) is 6.54 Å². The summed E-state index contributed by atoms with van der Waals surface area (Å²) in [6.07, 6.45) is 0. The second-order valence-corrected chi connectivity index (χ2v) is 6.06. The van der Waals surface area contributed by atoms with Crippen LogP contribution in [0.25, 0.3) is 0 Å². The molecule has 2 rings (SSSR count). The molecule has 2 aromatic carbocycles. The Morgan fingerprint density at radius 2 is 1.79 bits per heavy atom. The van der Waals surface area contributed by atoms with Gasteiger partial charge in [0.1, 0.15) is 0 Å². The Morgan fingerprint density at radius 3 is 2.47 bits per heavy atom. The first-order valence-corrected chi connectivity index (χ1v) is 7.43. The number of nitrogens with one attached hydrogen (secondary N) is 1. The van der Waals surface area contributed by atoms with E-state index in [4.69, 9.17) is 0 Å². The van der Waals surface area contributed by atoms with Crippen molar-refractivity contribution in [3.63, 3.8) is 0 Å². The highest BCUT2D eigenvalue weighted by atomic mass is 79.9. The maximum absolute atomic E-state index is 12.1. The molecule has 0 fully saturated rings. The third-order valence-electron chi connectivity index (χ3n) is 2.73. The minimum atomic E-state index is -0.0708. The van der Waals surface area contributed by atoms with Crippen molar-refractivity contribution in [2.75, 3.05) is 0 Å². The predicted molar refractivity (Wildman–Crippen MR) is 84.2 cm³/mol. The van der Waals surface area contributed by atoms with Gasteiger partial charge in [-0.15, -0.1) is 0 Å². The van der Waals surface area contributed by atoms with Crippen molar-refractivity contribution < 1.29 is 4.79 Å². The van der Waals surface area contributed by atoms with E-state index in [9.17, 15) is 4.79 Å². The molecule has 98 valence electrons. The number of carbonyl (C=O) groups is 1. The third kappa shape index (κ3) is 3.91. The summed E-state index contributed by atoms with van der Waals surface area (Å²) in [5, 5.41) is 2.92. The SMILES string of the molecule is Cc1ccc(Br)c(C(=O)NCc2ccc(Br)cc2)c1. The van der Waals surface area contributed by atoms with Crippen LogP contribution in [-0.4, -0.2) is 5.91 Å². The zero-order valence-electron chi connectivity index (χ0n) is 10.4. The van der Waals surface area contributed by atoms with Gasteiger partial charge in [-0.05, 0) is 52.7 Å². The lowest BCUT2D eigenvalue weighted by Gasteiger charge is -2.08. The lowest BCUT2D eigenvalue weighted by molar-refractivity contribution is 0.0950. The quantitative estimate of drug-likeness (QED) is 0.834. The minimum absolute atomic E-state index is 0.0708. The lowest BCUT2D eigenvalue weighted by Crippen LogP contribution is -2.23. The highest BCUT2D eigenvalue weighted by Crippen LogP contribution is 2.18. The smallest absolute Gasteiger partial charge is 0.252 e. The standard InChI is InChI=1S/C15H13Br2NO/c1-10-2-7-14(17)13(8-10)15(19)18-9-11-3-5-12(16)6-4-11/h2-8H,9H2,1H3,(H,18,19). The summed E-state index contributed by atoms with van der Waals surface area (Å²) in [6.45, 7) is 2.49. The summed E-state index contributed by atoms with van der Waals surface area (Å²) in [7, 11) is 0. The number of halogens is 2. The average molecular weight is 383 g/mol. The normalized spacial score (nSPS) is 10.3. The topological polar surface area (TPSA) is 29.1 Å². The fourth-order valence-corrected chi connectivity index (χ4v) is 2.38. The third-order valence-corrected chi connectivity index (χ3v) is 3.95. The molecule has 0 saturated heterocycles.